The summed E-state index contributed by atoms with van der Waals surface area (Å²) in [6.07, 6.45) is 7.88. The van der Waals surface area contributed by atoms with Crippen LogP contribution < -0.4 is 11.1 Å². The Bertz CT molecular complexity index is 360. The number of nitrogens with one attached hydrogen (secondary N) is 1. The molecule has 1 amide bonds. The summed E-state index contributed by atoms with van der Waals surface area (Å²) in [4.78, 5) is 14.5. The Kier molecular flexibility index (Phi) is 4.32. The van der Waals surface area contributed by atoms with Gasteiger partial charge in [-0.15, -0.1) is 0 Å². The summed E-state index contributed by atoms with van der Waals surface area (Å²) in [5, 5.41) is 3.26. The van der Waals surface area contributed by atoms with Crippen molar-refractivity contribution in [2.45, 2.75) is 57.5 Å². The maximum atomic E-state index is 12.2. The van der Waals surface area contributed by atoms with Gasteiger partial charge in [-0.1, -0.05) is 6.42 Å². The summed E-state index contributed by atoms with van der Waals surface area (Å²) < 4.78 is 0. The second-order valence-corrected chi connectivity index (χ2v) is 7.20. The predicted octanol–water partition coefficient (Wildman–Crippen LogP) is 1.35. The summed E-state index contributed by atoms with van der Waals surface area (Å²) in [6, 6.07) is 0.760. The van der Waals surface area contributed by atoms with Crippen LogP contribution in [0, 0.1) is 17.8 Å². The molecule has 1 heterocycles. The topological polar surface area (TPSA) is 58.4 Å². The molecular weight excluding hydrogens is 250 g/mol. The summed E-state index contributed by atoms with van der Waals surface area (Å²) >= 11 is 0. The highest BCUT2D eigenvalue weighted by Gasteiger charge is 2.42. The van der Waals surface area contributed by atoms with Gasteiger partial charge in [-0.25, -0.2) is 0 Å². The van der Waals surface area contributed by atoms with Crippen LogP contribution in [0.25, 0.3) is 0 Å². The van der Waals surface area contributed by atoms with Gasteiger partial charge in [0.15, 0.2) is 0 Å². The third-order valence-corrected chi connectivity index (χ3v) is 5.94. The molecule has 20 heavy (non-hydrogen) atoms. The first-order valence-electron chi connectivity index (χ1n) is 8.41. The summed E-state index contributed by atoms with van der Waals surface area (Å²) in [7, 11) is 0. The smallest absolute Gasteiger partial charge is 0.234 e. The Morgan fingerprint density at radius 1 is 1.35 bits per heavy atom. The minimum absolute atomic E-state index is 0.195. The molecule has 4 heteroatoms. The van der Waals surface area contributed by atoms with Crippen molar-refractivity contribution >= 4 is 5.91 Å². The number of likely N-dealkylation sites (tertiary alicyclic amines) is 1. The fourth-order valence-corrected chi connectivity index (χ4v) is 4.87. The molecule has 0 aromatic carbocycles. The van der Waals surface area contributed by atoms with E-state index in [1.54, 1.807) is 0 Å². The van der Waals surface area contributed by atoms with Gasteiger partial charge in [0.1, 0.15) is 0 Å². The molecule has 4 nitrogen and oxygen atoms in total. The first kappa shape index (κ1) is 14.3. The van der Waals surface area contributed by atoms with Crippen molar-refractivity contribution in [2.24, 2.45) is 23.5 Å². The summed E-state index contributed by atoms with van der Waals surface area (Å²) in [5.41, 5.74) is 5.77. The molecule has 2 saturated carbocycles. The molecule has 3 fully saturated rings. The van der Waals surface area contributed by atoms with Crippen molar-refractivity contribution in [3.63, 3.8) is 0 Å². The molecule has 5 unspecified atom stereocenters. The number of hydrogen-bond donors (Lipinski definition) is 2. The van der Waals surface area contributed by atoms with Gasteiger partial charge in [-0.2, -0.15) is 0 Å². The van der Waals surface area contributed by atoms with Crippen LogP contribution in [0.2, 0.25) is 0 Å². The molecule has 0 radical (unpaired) electrons. The van der Waals surface area contributed by atoms with Gasteiger partial charge in [-0.3, -0.25) is 9.69 Å². The molecule has 3 rings (SSSR count). The molecule has 3 aliphatic rings. The largest absolute Gasteiger partial charge is 0.352 e. The zero-order valence-electron chi connectivity index (χ0n) is 12.7. The van der Waals surface area contributed by atoms with Gasteiger partial charge >= 0.3 is 0 Å². The van der Waals surface area contributed by atoms with Gasteiger partial charge in [0.25, 0.3) is 0 Å². The highest BCUT2D eigenvalue weighted by molar-refractivity contribution is 5.78. The third-order valence-electron chi connectivity index (χ3n) is 5.94. The Hall–Kier alpha value is -0.610. The van der Waals surface area contributed by atoms with Crippen molar-refractivity contribution < 1.29 is 4.79 Å². The molecule has 0 aromatic heterocycles. The molecule has 114 valence electrons. The van der Waals surface area contributed by atoms with E-state index < -0.39 is 0 Å². The Morgan fingerprint density at radius 3 is 2.85 bits per heavy atom. The van der Waals surface area contributed by atoms with Crippen LogP contribution in [0.3, 0.4) is 0 Å². The van der Waals surface area contributed by atoms with E-state index in [1.165, 1.54) is 32.1 Å². The lowest BCUT2D eigenvalue weighted by Crippen LogP contribution is -2.47. The third kappa shape index (κ3) is 2.86. The number of nitrogens with zero attached hydrogens (tertiary/aromatic N) is 1. The maximum Gasteiger partial charge on any atom is 0.234 e. The SMILES string of the molecule is CC(NC(=O)CN1CCCC1CN)C1CC2CCC1C2. The highest BCUT2D eigenvalue weighted by atomic mass is 16.2. The first-order valence-corrected chi connectivity index (χ1v) is 8.41. The van der Waals surface area contributed by atoms with Crippen LogP contribution in [0.15, 0.2) is 0 Å². The second kappa shape index (κ2) is 6.02. The van der Waals surface area contributed by atoms with Crippen LogP contribution >= 0.6 is 0 Å². The molecule has 0 spiro atoms. The normalized spacial score (nSPS) is 38.3. The van der Waals surface area contributed by atoms with E-state index in [2.05, 4.69) is 17.1 Å². The summed E-state index contributed by atoms with van der Waals surface area (Å²) in [6.45, 7) is 4.44. The van der Waals surface area contributed by atoms with Gasteiger partial charge < -0.3 is 11.1 Å². The average molecular weight is 279 g/mol. The molecule has 5 atom stereocenters. The zero-order chi connectivity index (χ0) is 14.1. The zero-order valence-corrected chi connectivity index (χ0v) is 12.7. The summed E-state index contributed by atoms with van der Waals surface area (Å²) in [5.74, 6) is 2.74. The minimum atomic E-state index is 0.195. The Labute approximate surface area is 122 Å². The molecule has 1 saturated heterocycles. The van der Waals surface area contributed by atoms with E-state index in [-0.39, 0.29) is 5.91 Å². The molecule has 0 aromatic rings. The lowest BCUT2D eigenvalue weighted by molar-refractivity contribution is -0.123. The van der Waals surface area contributed by atoms with Crippen LogP contribution in [0.5, 0.6) is 0 Å². The number of carbonyl (C=O) groups excluding carboxylic acids is 1. The molecule has 2 aliphatic carbocycles. The van der Waals surface area contributed by atoms with Gasteiger partial charge in [0.2, 0.25) is 5.91 Å². The van der Waals surface area contributed by atoms with Crippen molar-refractivity contribution in [3.8, 4) is 0 Å². The molecule has 2 bridgehead atoms. The number of nitrogens with two attached hydrogens (primary N) is 1. The second-order valence-electron chi connectivity index (χ2n) is 7.20. The van der Waals surface area contributed by atoms with Crippen LogP contribution in [0.4, 0.5) is 0 Å². The number of hydrogen-bond acceptors (Lipinski definition) is 3. The van der Waals surface area contributed by atoms with Crippen LogP contribution in [-0.2, 0) is 4.79 Å². The number of rotatable bonds is 5. The fraction of sp³-hybridized carbons (Fsp3) is 0.938. The molecule has 1 aliphatic heterocycles. The van der Waals surface area contributed by atoms with Crippen molar-refractivity contribution in [3.05, 3.63) is 0 Å². The molecule has 3 N–H and O–H groups in total. The maximum absolute atomic E-state index is 12.2. The van der Waals surface area contributed by atoms with E-state index in [0.717, 1.165) is 30.7 Å². The van der Waals surface area contributed by atoms with Crippen molar-refractivity contribution in [1.82, 2.24) is 10.2 Å². The van der Waals surface area contributed by atoms with Crippen LogP contribution in [-0.4, -0.2) is 42.5 Å². The minimum Gasteiger partial charge on any atom is -0.352 e. The van der Waals surface area contributed by atoms with Crippen molar-refractivity contribution in [2.75, 3.05) is 19.6 Å². The molecular formula is C16H29N3O. The Balaban J connectivity index is 1.46. The number of carbonyl (C=O) groups is 1. The van der Waals surface area contributed by atoms with Crippen molar-refractivity contribution in [1.29, 1.82) is 0 Å². The lowest BCUT2D eigenvalue weighted by Gasteiger charge is -2.30. The standard InChI is InChI=1S/C16H29N3O/c1-11(15-8-12-4-5-13(15)7-12)18-16(20)10-19-6-2-3-14(19)9-17/h11-15H,2-10,17H2,1H3,(H,18,20). The van der Waals surface area contributed by atoms with E-state index >= 15 is 0 Å². The van der Waals surface area contributed by atoms with E-state index in [1.807, 2.05) is 0 Å². The quantitative estimate of drug-likeness (QED) is 0.799. The average Bonchev–Trinajstić information content (AvgIpc) is 3.13. The van der Waals surface area contributed by atoms with Gasteiger partial charge in [0.05, 0.1) is 6.54 Å². The van der Waals surface area contributed by atoms with E-state index in [0.29, 0.717) is 25.2 Å². The highest BCUT2D eigenvalue weighted by Crippen LogP contribution is 2.49. The first-order chi connectivity index (χ1) is 9.67. The monoisotopic (exact) mass is 279 g/mol. The lowest BCUT2D eigenvalue weighted by atomic mass is 9.84. The van der Waals surface area contributed by atoms with Gasteiger partial charge in [0, 0.05) is 18.6 Å². The predicted molar refractivity (Wildman–Crippen MR) is 80.2 cm³/mol. The Morgan fingerprint density at radius 2 is 2.20 bits per heavy atom. The van der Waals surface area contributed by atoms with E-state index in [4.69, 9.17) is 5.73 Å². The van der Waals surface area contributed by atoms with Gasteiger partial charge in [-0.05, 0) is 63.3 Å². The van der Waals surface area contributed by atoms with E-state index in [9.17, 15) is 4.79 Å². The number of fused-ring (bicyclic) bond motifs is 2. The fourth-order valence-electron chi connectivity index (χ4n) is 4.87. The number of amides is 1. The van der Waals surface area contributed by atoms with Crippen LogP contribution in [0.1, 0.15) is 45.4 Å².